The largest absolute Gasteiger partial charge is 0.494 e. The van der Waals surface area contributed by atoms with E-state index < -0.39 is 42.4 Å². The number of nitrogens with zero attached hydrogens (tertiary/aromatic N) is 4. The molecular weight excluding hydrogens is 500 g/mol. The van der Waals surface area contributed by atoms with Crippen LogP contribution in [0.2, 0.25) is 0 Å². The predicted molar refractivity (Wildman–Crippen MR) is 137 cm³/mol. The maximum absolute atomic E-state index is 11.9. The third kappa shape index (κ3) is 4.89. The molecule has 4 rings (SSSR count). The van der Waals surface area contributed by atoms with E-state index in [2.05, 4.69) is 6.92 Å². The van der Waals surface area contributed by atoms with Gasteiger partial charge in [0.15, 0.2) is 0 Å². The quantitative estimate of drug-likeness (QED) is 0.129. The average molecular weight is 520 g/mol. The van der Waals surface area contributed by atoms with Crippen LogP contribution in [0.15, 0.2) is 48.5 Å². The second-order valence-electron chi connectivity index (χ2n) is 8.49. The van der Waals surface area contributed by atoms with Gasteiger partial charge in [0.2, 0.25) is 0 Å². The van der Waals surface area contributed by atoms with E-state index in [4.69, 9.17) is 4.74 Å². The van der Waals surface area contributed by atoms with Crippen molar-refractivity contribution in [2.75, 3.05) is 6.61 Å². The minimum atomic E-state index is -0.867. The molecule has 38 heavy (non-hydrogen) atoms. The Morgan fingerprint density at radius 2 is 1.21 bits per heavy atom. The first kappa shape index (κ1) is 25.9. The molecule has 0 N–H and O–H groups in total. The summed E-state index contributed by atoms with van der Waals surface area (Å²) < 4.78 is 5.69. The van der Waals surface area contributed by atoms with Gasteiger partial charge in [0.1, 0.15) is 5.75 Å². The molecule has 0 spiro atoms. The summed E-state index contributed by atoms with van der Waals surface area (Å²) in [5.74, 6) is 0.605. The highest BCUT2D eigenvalue weighted by atomic mass is 16.6. The van der Waals surface area contributed by atoms with Crippen LogP contribution >= 0.6 is 0 Å². The molecule has 13 nitrogen and oxygen atoms in total. The van der Waals surface area contributed by atoms with Crippen molar-refractivity contribution in [1.29, 1.82) is 0 Å². The lowest BCUT2D eigenvalue weighted by Gasteiger charge is -2.07. The Kier molecular flexibility index (Phi) is 7.10. The number of unbranched alkanes of at least 4 members (excludes halogenated alkanes) is 2. The number of fused-ring (bicyclic) bond motifs is 3. The first-order valence-corrected chi connectivity index (χ1v) is 11.5. The van der Waals surface area contributed by atoms with Crippen LogP contribution in [0.1, 0.15) is 42.9 Å². The molecule has 0 radical (unpaired) electrons. The van der Waals surface area contributed by atoms with Gasteiger partial charge in [-0.25, -0.2) is 0 Å². The maximum atomic E-state index is 11.9. The van der Waals surface area contributed by atoms with Crippen LogP contribution in [0.4, 0.5) is 22.7 Å². The Balaban J connectivity index is 1.95. The Morgan fingerprint density at radius 1 is 0.711 bits per heavy atom. The van der Waals surface area contributed by atoms with Gasteiger partial charge in [0.25, 0.3) is 22.7 Å². The van der Waals surface area contributed by atoms with Gasteiger partial charge in [-0.15, -0.1) is 0 Å². The standard InChI is InChI=1S/C25H20N4O9/c1-2-3-4-9-38-18-7-5-15(6-8-18)10-19-20-11-16(26(30)31)13-22(28(34)35)24(20)25-21(19)12-17(27(32)33)14-23(25)29(36)37/h5-8,10-14H,2-4,9H2,1H3. The van der Waals surface area contributed by atoms with Gasteiger partial charge in [-0.1, -0.05) is 31.9 Å². The van der Waals surface area contributed by atoms with Crippen LogP contribution in [0.25, 0.3) is 22.8 Å². The number of benzene rings is 3. The molecule has 0 heterocycles. The molecule has 0 fully saturated rings. The zero-order valence-corrected chi connectivity index (χ0v) is 20.0. The molecule has 0 saturated carbocycles. The smallest absolute Gasteiger partial charge is 0.284 e. The lowest BCUT2D eigenvalue weighted by atomic mass is 10.00. The van der Waals surface area contributed by atoms with Crippen molar-refractivity contribution >= 4 is 34.4 Å². The molecule has 1 aliphatic rings. The molecule has 3 aromatic rings. The Morgan fingerprint density at radius 3 is 1.63 bits per heavy atom. The topological polar surface area (TPSA) is 182 Å². The van der Waals surface area contributed by atoms with E-state index in [0.29, 0.717) is 17.9 Å². The minimum Gasteiger partial charge on any atom is -0.494 e. The molecular formula is C25H20N4O9. The number of ether oxygens (including phenoxy) is 1. The van der Waals surface area contributed by atoms with Crippen LogP contribution in [-0.2, 0) is 0 Å². The number of hydrogen-bond acceptors (Lipinski definition) is 9. The number of non-ortho nitro benzene ring substituents is 2. The van der Waals surface area contributed by atoms with Crippen molar-refractivity contribution in [2.45, 2.75) is 26.2 Å². The van der Waals surface area contributed by atoms with Gasteiger partial charge in [-0.05, 0) is 35.8 Å². The lowest BCUT2D eigenvalue weighted by Crippen LogP contribution is -1.99. The Hall–Kier alpha value is -5.20. The number of rotatable bonds is 10. The van der Waals surface area contributed by atoms with Crippen molar-refractivity contribution < 1.29 is 24.4 Å². The molecule has 1 aliphatic carbocycles. The van der Waals surface area contributed by atoms with E-state index in [9.17, 15) is 40.5 Å². The molecule has 0 aliphatic heterocycles. The van der Waals surface area contributed by atoms with E-state index >= 15 is 0 Å². The highest BCUT2D eigenvalue weighted by Gasteiger charge is 2.40. The van der Waals surface area contributed by atoms with Gasteiger partial charge < -0.3 is 4.74 Å². The Bertz CT molecular complexity index is 1430. The minimum absolute atomic E-state index is 0.00982. The van der Waals surface area contributed by atoms with Gasteiger partial charge in [-0.3, -0.25) is 40.5 Å². The average Bonchev–Trinajstić information content (AvgIpc) is 3.19. The molecule has 0 unspecified atom stereocenters. The van der Waals surface area contributed by atoms with E-state index in [0.717, 1.165) is 43.5 Å². The summed E-state index contributed by atoms with van der Waals surface area (Å²) in [6.07, 6.45) is 4.49. The van der Waals surface area contributed by atoms with E-state index in [-0.39, 0.29) is 27.8 Å². The molecule has 0 amide bonds. The fourth-order valence-corrected chi connectivity index (χ4v) is 4.34. The van der Waals surface area contributed by atoms with E-state index in [1.54, 1.807) is 24.3 Å². The van der Waals surface area contributed by atoms with E-state index in [1.165, 1.54) is 6.08 Å². The molecule has 0 atom stereocenters. The zero-order chi connectivity index (χ0) is 27.6. The summed E-state index contributed by atoms with van der Waals surface area (Å²) in [6, 6.07) is 10.4. The first-order valence-electron chi connectivity index (χ1n) is 11.5. The van der Waals surface area contributed by atoms with Gasteiger partial charge >= 0.3 is 0 Å². The maximum Gasteiger partial charge on any atom is 0.284 e. The van der Waals surface area contributed by atoms with Crippen molar-refractivity contribution in [1.82, 2.24) is 0 Å². The fraction of sp³-hybridized carbons (Fsp3) is 0.200. The summed E-state index contributed by atoms with van der Waals surface area (Å²) in [5.41, 5.74) is -2.37. The molecule has 194 valence electrons. The summed E-state index contributed by atoms with van der Waals surface area (Å²) >= 11 is 0. The van der Waals surface area contributed by atoms with Gasteiger partial charge in [0.05, 0.1) is 49.6 Å². The third-order valence-corrected chi connectivity index (χ3v) is 6.06. The number of hydrogen-bond donors (Lipinski definition) is 0. The van der Waals surface area contributed by atoms with Crippen molar-refractivity contribution in [2.24, 2.45) is 0 Å². The van der Waals surface area contributed by atoms with Crippen LogP contribution in [0.3, 0.4) is 0 Å². The SMILES string of the molecule is CCCCCOc1ccc(C=C2c3cc([N+](=O)[O-])cc([N+](=O)[O-])c3-c3c2cc([N+](=O)[O-])cc3[N+](=O)[O-])cc1. The van der Waals surface area contributed by atoms with Crippen molar-refractivity contribution in [3.63, 3.8) is 0 Å². The van der Waals surface area contributed by atoms with Crippen LogP contribution in [0.5, 0.6) is 5.75 Å². The second-order valence-corrected chi connectivity index (χ2v) is 8.49. The van der Waals surface area contributed by atoms with Crippen molar-refractivity contribution in [3.05, 3.63) is 106 Å². The van der Waals surface area contributed by atoms with Crippen molar-refractivity contribution in [3.8, 4) is 16.9 Å². The summed E-state index contributed by atoms with van der Waals surface area (Å²) in [4.78, 5) is 43.6. The number of nitro groups is 4. The molecule has 13 heteroatoms. The zero-order valence-electron chi connectivity index (χ0n) is 20.0. The van der Waals surface area contributed by atoms with E-state index in [1.807, 2.05) is 0 Å². The summed E-state index contributed by atoms with van der Waals surface area (Å²) in [7, 11) is 0. The molecule has 0 aromatic heterocycles. The Labute approximate surface area is 214 Å². The van der Waals surface area contributed by atoms with Gasteiger partial charge in [0, 0.05) is 23.3 Å². The number of nitro benzene ring substituents is 4. The summed E-state index contributed by atoms with van der Waals surface area (Å²) in [6.45, 7) is 2.61. The summed E-state index contributed by atoms with van der Waals surface area (Å²) in [5, 5.41) is 46.9. The van der Waals surface area contributed by atoms with Crippen LogP contribution in [-0.4, -0.2) is 26.3 Å². The monoisotopic (exact) mass is 520 g/mol. The first-order chi connectivity index (χ1) is 18.1. The molecule has 0 bridgehead atoms. The fourth-order valence-electron chi connectivity index (χ4n) is 4.34. The third-order valence-electron chi connectivity index (χ3n) is 6.06. The van der Waals surface area contributed by atoms with Crippen LogP contribution in [0, 0.1) is 40.5 Å². The molecule has 0 saturated heterocycles. The second kappa shape index (κ2) is 10.4. The normalized spacial score (nSPS) is 11.4. The lowest BCUT2D eigenvalue weighted by molar-refractivity contribution is -0.395. The molecule has 3 aromatic carbocycles. The highest BCUT2D eigenvalue weighted by molar-refractivity contribution is 6.12. The highest BCUT2D eigenvalue weighted by Crippen LogP contribution is 2.54. The van der Waals surface area contributed by atoms with Crippen LogP contribution < -0.4 is 4.74 Å². The predicted octanol–water partition coefficient (Wildman–Crippen LogP) is 6.46. The van der Waals surface area contributed by atoms with Gasteiger partial charge in [-0.2, -0.15) is 0 Å².